The second kappa shape index (κ2) is 3.64. The molecule has 0 saturated carbocycles. The van der Waals surface area contributed by atoms with Crippen molar-refractivity contribution in [2.75, 3.05) is 13.3 Å². The summed E-state index contributed by atoms with van der Waals surface area (Å²) >= 11 is 5.71. The van der Waals surface area contributed by atoms with E-state index in [4.69, 9.17) is 11.6 Å². The molecule has 12 heavy (non-hydrogen) atoms. The lowest BCUT2D eigenvalue weighted by Gasteiger charge is -2.05. The van der Waals surface area contributed by atoms with E-state index >= 15 is 0 Å². The first-order chi connectivity index (χ1) is 5.47. The van der Waals surface area contributed by atoms with Gasteiger partial charge in [-0.05, 0) is 31.0 Å². The molecule has 0 spiro atoms. The minimum Gasteiger partial charge on any atom is -0.324 e. The van der Waals surface area contributed by atoms with Crippen LogP contribution in [0.4, 0.5) is 0 Å². The minimum absolute atomic E-state index is 0.657. The van der Waals surface area contributed by atoms with Gasteiger partial charge in [0, 0.05) is 11.2 Å². The Kier molecular flexibility index (Phi) is 2.98. The van der Waals surface area contributed by atoms with Gasteiger partial charge in [0.1, 0.15) is 0 Å². The molecule has 1 rings (SSSR count). The molecule has 0 aliphatic carbocycles. The predicted octanol–water partition coefficient (Wildman–Crippen LogP) is 3.46. The third kappa shape index (κ3) is 3.42. The molecule has 0 bridgehead atoms. The molecule has 66 valence electrons. The van der Waals surface area contributed by atoms with Crippen molar-refractivity contribution in [2.45, 2.75) is 6.16 Å². The molecule has 0 radical (unpaired) electrons. The van der Waals surface area contributed by atoms with Crippen molar-refractivity contribution in [3.05, 3.63) is 34.9 Å². The van der Waals surface area contributed by atoms with Gasteiger partial charge in [0.25, 0.3) is 0 Å². The van der Waals surface area contributed by atoms with Crippen molar-refractivity contribution in [3.63, 3.8) is 0 Å². The lowest BCUT2D eigenvalue weighted by molar-refractivity contribution is 0.582. The van der Waals surface area contributed by atoms with Gasteiger partial charge < -0.3 is 4.57 Å². The summed E-state index contributed by atoms with van der Waals surface area (Å²) in [6.45, 7) is 3.59. The molecule has 0 fully saturated rings. The van der Waals surface area contributed by atoms with Gasteiger partial charge in [-0.2, -0.15) is 0 Å². The summed E-state index contributed by atoms with van der Waals surface area (Å²) < 4.78 is 11.4. The van der Waals surface area contributed by atoms with Crippen molar-refractivity contribution in [2.24, 2.45) is 0 Å². The summed E-state index contributed by atoms with van der Waals surface area (Å²) in [5, 5.41) is 0.723. The van der Waals surface area contributed by atoms with Crippen molar-refractivity contribution in [1.29, 1.82) is 0 Å². The zero-order valence-corrected chi connectivity index (χ0v) is 8.90. The van der Waals surface area contributed by atoms with E-state index in [1.807, 2.05) is 24.3 Å². The van der Waals surface area contributed by atoms with Crippen molar-refractivity contribution >= 4 is 18.7 Å². The van der Waals surface area contributed by atoms with Crippen molar-refractivity contribution in [1.82, 2.24) is 0 Å². The molecule has 0 amide bonds. The van der Waals surface area contributed by atoms with Gasteiger partial charge >= 0.3 is 0 Å². The Hall–Kier alpha value is -0.260. The Morgan fingerprint density at radius 3 is 2.17 bits per heavy atom. The fourth-order valence-electron chi connectivity index (χ4n) is 1.03. The van der Waals surface area contributed by atoms with E-state index in [0.29, 0.717) is 6.16 Å². The first kappa shape index (κ1) is 9.83. The molecule has 0 unspecified atom stereocenters. The second-order valence-electron chi connectivity index (χ2n) is 3.36. The smallest absolute Gasteiger partial charge is 0.0861 e. The largest absolute Gasteiger partial charge is 0.324 e. The quantitative estimate of drug-likeness (QED) is 0.672. The van der Waals surface area contributed by atoms with E-state index in [2.05, 4.69) is 0 Å². The maximum atomic E-state index is 11.4. The topological polar surface area (TPSA) is 17.1 Å². The highest BCUT2D eigenvalue weighted by Crippen LogP contribution is 2.40. The number of hydrogen-bond donors (Lipinski definition) is 0. The average Bonchev–Trinajstić information content (AvgIpc) is 1.91. The number of benzene rings is 1. The fourth-order valence-corrected chi connectivity index (χ4v) is 2.25. The van der Waals surface area contributed by atoms with Crippen LogP contribution in [0.15, 0.2) is 24.3 Å². The normalized spacial score (nSPS) is 11.6. The fraction of sp³-hybridized carbons (Fsp3) is 0.333. The van der Waals surface area contributed by atoms with Crippen LogP contribution >= 0.6 is 18.7 Å². The minimum atomic E-state index is -1.95. The lowest BCUT2D eigenvalue weighted by Crippen LogP contribution is -1.84. The molecule has 1 nitrogen and oxygen atoms in total. The monoisotopic (exact) mass is 202 g/mol. The van der Waals surface area contributed by atoms with Gasteiger partial charge in [0.2, 0.25) is 0 Å². The molecular weight excluding hydrogens is 191 g/mol. The van der Waals surface area contributed by atoms with Gasteiger partial charge in [0.05, 0.1) is 7.14 Å². The Bertz CT molecular complexity index is 299. The summed E-state index contributed by atoms with van der Waals surface area (Å²) in [5.74, 6) is 0. The average molecular weight is 203 g/mol. The van der Waals surface area contributed by atoms with Crippen LogP contribution in [0.25, 0.3) is 0 Å². The zero-order valence-electron chi connectivity index (χ0n) is 7.25. The van der Waals surface area contributed by atoms with Gasteiger partial charge in [-0.15, -0.1) is 0 Å². The van der Waals surface area contributed by atoms with Crippen LogP contribution in [-0.2, 0) is 10.7 Å². The third-order valence-electron chi connectivity index (χ3n) is 1.48. The van der Waals surface area contributed by atoms with Gasteiger partial charge in [-0.25, -0.2) is 0 Å². The molecule has 0 N–H and O–H groups in total. The summed E-state index contributed by atoms with van der Waals surface area (Å²) in [7, 11) is -1.95. The first-order valence-corrected chi connectivity index (χ1v) is 6.92. The Morgan fingerprint density at radius 1 is 1.25 bits per heavy atom. The van der Waals surface area contributed by atoms with E-state index < -0.39 is 7.14 Å². The SMILES string of the molecule is CP(C)(=O)Cc1ccc(Cl)cc1. The van der Waals surface area contributed by atoms with E-state index in [1.54, 1.807) is 13.3 Å². The summed E-state index contributed by atoms with van der Waals surface area (Å²) in [5.41, 5.74) is 1.09. The van der Waals surface area contributed by atoms with E-state index in [0.717, 1.165) is 10.6 Å². The zero-order chi connectivity index (χ0) is 9.19. The van der Waals surface area contributed by atoms with Crippen molar-refractivity contribution in [3.8, 4) is 0 Å². The van der Waals surface area contributed by atoms with Crippen LogP contribution in [0.2, 0.25) is 5.02 Å². The molecule has 0 aromatic heterocycles. The van der Waals surface area contributed by atoms with Crippen LogP contribution in [0.5, 0.6) is 0 Å². The van der Waals surface area contributed by atoms with Gasteiger partial charge in [-0.1, -0.05) is 23.7 Å². The van der Waals surface area contributed by atoms with E-state index in [9.17, 15) is 4.57 Å². The van der Waals surface area contributed by atoms with Crippen LogP contribution in [0.3, 0.4) is 0 Å². The molecule has 3 heteroatoms. The van der Waals surface area contributed by atoms with E-state index in [1.165, 1.54) is 0 Å². The highest BCUT2D eigenvalue weighted by atomic mass is 35.5. The van der Waals surface area contributed by atoms with Crippen LogP contribution in [0, 0.1) is 0 Å². The second-order valence-corrected chi connectivity index (χ2v) is 7.26. The highest BCUT2D eigenvalue weighted by Gasteiger charge is 2.07. The van der Waals surface area contributed by atoms with E-state index in [-0.39, 0.29) is 0 Å². The maximum absolute atomic E-state index is 11.4. The molecule has 0 aliphatic rings. The number of hydrogen-bond acceptors (Lipinski definition) is 1. The highest BCUT2D eigenvalue weighted by molar-refractivity contribution is 7.61. The molecule has 0 saturated heterocycles. The maximum Gasteiger partial charge on any atom is 0.0861 e. The summed E-state index contributed by atoms with van der Waals surface area (Å²) in [4.78, 5) is 0. The Morgan fingerprint density at radius 2 is 1.75 bits per heavy atom. The van der Waals surface area contributed by atoms with Crippen LogP contribution in [-0.4, -0.2) is 13.3 Å². The molecular formula is C9H12ClOP. The van der Waals surface area contributed by atoms with Crippen LogP contribution in [0.1, 0.15) is 5.56 Å². The molecule has 1 aromatic rings. The molecule has 1 aromatic carbocycles. The van der Waals surface area contributed by atoms with Gasteiger partial charge in [-0.3, -0.25) is 0 Å². The predicted molar refractivity (Wildman–Crippen MR) is 54.6 cm³/mol. The Labute approximate surface area is 78.1 Å². The summed E-state index contributed by atoms with van der Waals surface area (Å²) in [6, 6.07) is 7.49. The van der Waals surface area contributed by atoms with Crippen molar-refractivity contribution < 1.29 is 4.57 Å². The standard InChI is InChI=1S/C9H12ClOP/c1-12(2,11)7-8-3-5-9(10)6-4-8/h3-6H,7H2,1-2H3. The molecule has 0 aliphatic heterocycles. The Balaban J connectivity index is 2.78. The van der Waals surface area contributed by atoms with Crippen LogP contribution < -0.4 is 0 Å². The lowest BCUT2D eigenvalue weighted by atomic mass is 10.2. The first-order valence-electron chi connectivity index (χ1n) is 3.76. The summed E-state index contributed by atoms with van der Waals surface area (Å²) in [6.07, 6.45) is 0.657. The molecule has 0 atom stereocenters. The molecule has 0 heterocycles. The third-order valence-corrected chi connectivity index (χ3v) is 2.86. The number of halogens is 1. The van der Waals surface area contributed by atoms with Gasteiger partial charge in [0.15, 0.2) is 0 Å². The number of rotatable bonds is 2.